The van der Waals surface area contributed by atoms with Gasteiger partial charge in [0.05, 0.1) is 11.4 Å². The molecule has 0 unspecified atom stereocenters. The molecular weight excluding hydrogens is 446 g/mol. The lowest BCUT2D eigenvalue weighted by Gasteiger charge is -2.14. The number of aliphatic carboxylic acids is 1. The van der Waals surface area contributed by atoms with Gasteiger partial charge in [0.1, 0.15) is 5.75 Å². The van der Waals surface area contributed by atoms with Crippen molar-refractivity contribution in [1.82, 2.24) is 4.57 Å². The van der Waals surface area contributed by atoms with Crippen molar-refractivity contribution in [3.8, 4) is 11.5 Å². The first-order valence-corrected chi connectivity index (χ1v) is 10.1. The molecule has 0 saturated heterocycles. The highest BCUT2D eigenvalue weighted by Gasteiger charge is 2.32. The van der Waals surface area contributed by atoms with Crippen molar-refractivity contribution in [2.24, 2.45) is 0 Å². The summed E-state index contributed by atoms with van der Waals surface area (Å²) in [7, 11) is 0. The number of aromatic hydroxyl groups is 1. The maximum absolute atomic E-state index is 15.0. The molecule has 176 valence electrons. The fourth-order valence-corrected chi connectivity index (χ4v) is 3.90. The normalized spacial score (nSPS) is 12.7. The van der Waals surface area contributed by atoms with Crippen molar-refractivity contribution in [2.45, 2.75) is 45.4 Å². The number of carbonyl (C=O) groups is 2. The number of nitrogens with zero attached hydrogens (tertiary/aromatic N) is 1. The lowest BCUT2D eigenvalue weighted by atomic mass is 9.91. The van der Waals surface area contributed by atoms with Crippen LogP contribution in [0.2, 0.25) is 0 Å². The van der Waals surface area contributed by atoms with Gasteiger partial charge in [0.25, 0.3) is 5.91 Å². The number of halogens is 4. The SMILES string of the molecule is CCCC[C@H](C(=O)O)c1c(C)n(C(=O)c2ccc(OC(F)(F)F)cc2)c2ccc(O)c(F)c12. The van der Waals surface area contributed by atoms with E-state index in [-0.39, 0.29) is 34.1 Å². The van der Waals surface area contributed by atoms with Crippen molar-refractivity contribution >= 4 is 22.8 Å². The first-order chi connectivity index (χ1) is 15.5. The predicted molar refractivity (Wildman–Crippen MR) is 111 cm³/mol. The second-order valence-corrected chi connectivity index (χ2v) is 7.54. The second kappa shape index (κ2) is 9.13. The number of hydrogen-bond acceptors (Lipinski definition) is 4. The zero-order valence-electron chi connectivity index (χ0n) is 17.7. The number of phenolic OH excluding ortho intramolecular Hbond substituents is 1. The minimum Gasteiger partial charge on any atom is -0.505 e. The summed E-state index contributed by atoms with van der Waals surface area (Å²) in [4.78, 5) is 25.3. The van der Waals surface area contributed by atoms with Gasteiger partial charge in [0.2, 0.25) is 0 Å². The largest absolute Gasteiger partial charge is 0.573 e. The molecule has 0 fully saturated rings. The summed E-state index contributed by atoms with van der Waals surface area (Å²) in [6.45, 7) is 3.34. The second-order valence-electron chi connectivity index (χ2n) is 7.54. The number of phenols is 1. The van der Waals surface area contributed by atoms with E-state index < -0.39 is 41.5 Å². The standard InChI is InChI=1S/C23H21F4NO5/c1-3-4-5-15(22(31)32)18-12(2)28(16-10-11-17(29)20(24)19(16)18)21(30)13-6-8-14(9-7-13)33-23(25,26)27/h6-11,15,29H,3-5H2,1-2H3,(H,31,32)/t15-/m0/s1. The van der Waals surface area contributed by atoms with Crippen LogP contribution < -0.4 is 4.74 Å². The number of ether oxygens (including phenoxy) is 1. The molecule has 2 aromatic carbocycles. The Bertz CT molecular complexity index is 1200. The van der Waals surface area contributed by atoms with E-state index in [4.69, 9.17) is 0 Å². The van der Waals surface area contributed by atoms with E-state index in [2.05, 4.69) is 4.74 Å². The Morgan fingerprint density at radius 3 is 2.30 bits per heavy atom. The quantitative estimate of drug-likeness (QED) is 0.433. The number of hydrogen-bond donors (Lipinski definition) is 2. The van der Waals surface area contributed by atoms with Gasteiger partial charge < -0.3 is 14.9 Å². The summed E-state index contributed by atoms with van der Waals surface area (Å²) < 4.78 is 57.1. The zero-order chi connectivity index (χ0) is 24.5. The highest BCUT2D eigenvalue weighted by atomic mass is 19.4. The molecule has 0 bridgehead atoms. The van der Waals surface area contributed by atoms with Gasteiger partial charge in [0, 0.05) is 16.6 Å². The van der Waals surface area contributed by atoms with Crippen molar-refractivity contribution in [1.29, 1.82) is 0 Å². The molecule has 2 N–H and O–H groups in total. The number of aromatic nitrogens is 1. The van der Waals surface area contributed by atoms with Crippen LogP contribution in [0.25, 0.3) is 10.9 Å². The van der Waals surface area contributed by atoms with Crippen LogP contribution in [0.4, 0.5) is 17.6 Å². The average molecular weight is 467 g/mol. The van der Waals surface area contributed by atoms with Gasteiger partial charge in [-0.05, 0) is 55.3 Å². The van der Waals surface area contributed by atoms with E-state index in [1.54, 1.807) is 0 Å². The maximum atomic E-state index is 15.0. The van der Waals surface area contributed by atoms with E-state index in [0.29, 0.717) is 12.8 Å². The van der Waals surface area contributed by atoms with Crippen molar-refractivity contribution < 1.29 is 42.1 Å². The number of fused-ring (bicyclic) bond motifs is 1. The Labute approximate surface area is 186 Å². The van der Waals surface area contributed by atoms with Gasteiger partial charge in [-0.25, -0.2) is 4.39 Å². The molecule has 0 saturated carbocycles. The van der Waals surface area contributed by atoms with Gasteiger partial charge >= 0.3 is 12.3 Å². The van der Waals surface area contributed by atoms with Crippen LogP contribution in [-0.4, -0.2) is 33.0 Å². The van der Waals surface area contributed by atoms with E-state index in [0.717, 1.165) is 34.9 Å². The van der Waals surface area contributed by atoms with Crippen LogP contribution in [0.5, 0.6) is 11.5 Å². The summed E-state index contributed by atoms with van der Waals surface area (Å²) in [5.41, 5.74) is 0.259. The topological polar surface area (TPSA) is 88.8 Å². The minimum atomic E-state index is -4.89. The van der Waals surface area contributed by atoms with Crippen LogP contribution in [-0.2, 0) is 4.79 Å². The van der Waals surface area contributed by atoms with Gasteiger partial charge in [-0.3, -0.25) is 14.2 Å². The van der Waals surface area contributed by atoms with Crippen LogP contribution >= 0.6 is 0 Å². The predicted octanol–water partition coefficient (Wildman–Crippen LogP) is 5.74. The molecule has 0 amide bonds. The molecule has 0 aliphatic rings. The molecule has 1 heterocycles. The van der Waals surface area contributed by atoms with Gasteiger partial charge in [-0.1, -0.05) is 19.8 Å². The van der Waals surface area contributed by atoms with Crippen LogP contribution in [0, 0.1) is 12.7 Å². The monoisotopic (exact) mass is 467 g/mol. The highest BCUT2D eigenvalue weighted by Crippen LogP contribution is 2.39. The Hall–Kier alpha value is -3.56. The average Bonchev–Trinajstić information content (AvgIpc) is 3.02. The van der Waals surface area contributed by atoms with E-state index in [1.807, 2.05) is 6.92 Å². The van der Waals surface area contributed by atoms with Crippen LogP contribution in [0.15, 0.2) is 36.4 Å². The molecule has 3 rings (SSSR count). The third kappa shape index (κ3) is 4.79. The number of carbonyl (C=O) groups excluding carboxylic acids is 1. The highest BCUT2D eigenvalue weighted by molar-refractivity contribution is 6.05. The van der Waals surface area contributed by atoms with Gasteiger partial charge in [-0.15, -0.1) is 13.2 Å². The summed E-state index contributed by atoms with van der Waals surface area (Å²) >= 11 is 0. The molecule has 0 spiro atoms. The summed E-state index contributed by atoms with van der Waals surface area (Å²) in [5, 5.41) is 19.5. The molecule has 1 aromatic heterocycles. The Kier molecular flexibility index (Phi) is 6.66. The number of alkyl halides is 3. The number of carboxylic acid groups (broad SMARTS) is 1. The smallest absolute Gasteiger partial charge is 0.505 e. The molecule has 33 heavy (non-hydrogen) atoms. The van der Waals surface area contributed by atoms with Crippen molar-refractivity contribution in [3.63, 3.8) is 0 Å². The Morgan fingerprint density at radius 2 is 1.76 bits per heavy atom. The molecule has 1 atom stereocenters. The first kappa shape index (κ1) is 24.1. The van der Waals surface area contributed by atoms with Gasteiger partial charge in [-0.2, -0.15) is 0 Å². The van der Waals surface area contributed by atoms with Crippen LogP contribution in [0.1, 0.15) is 53.7 Å². The first-order valence-electron chi connectivity index (χ1n) is 10.1. The molecule has 0 radical (unpaired) electrons. The fourth-order valence-electron chi connectivity index (χ4n) is 3.90. The Balaban J connectivity index is 2.17. The summed E-state index contributed by atoms with van der Waals surface area (Å²) in [6.07, 6.45) is -3.46. The minimum absolute atomic E-state index is 0.0232. The van der Waals surface area contributed by atoms with E-state index in [1.165, 1.54) is 13.0 Å². The summed E-state index contributed by atoms with van der Waals surface area (Å²) in [5.74, 6) is -5.28. The molecule has 3 aromatic rings. The molecule has 6 nitrogen and oxygen atoms in total. The molecule has 0 aliphatic heterocycles. The fraction of sp³-hybridized carbons (Fsp3) is 0.304. The van der Waals surface area contributed by atoms with Crippen LogP contribution in [0.3, 0.4) is 0 Å². The molecular formula is C23H21F4NO5. The summed E-state index contributed by atoms with van der Waals surface area (Å²) in [6, 6.07) is 6.52. The molecule has 10 heteroatoms. The lowest BCUT2D eigenvalue weighted by Crippen LogP contribution is -2.18. The van der Waals surface area contributed by atoms with Crippen molar-refractivity contribution in [3.05, 3.63) is 59.0 Å². The number of benzene rings is 2. The van der Waals surface area contributed by atoms with Gasteiger partial charge in [0.15, 0.2) is 11.6 Å². The number of unbranched alkanes of at least 4 members (excludes halogenated alkanes) is 1. The Morgan fingerprint density at radius 1 is 1.12 bits per heavy atom. The van der Waals surface area contributed by atoms with E-state index >= 15 is 0 Å². The maximum Gasteiger partial charge on any atom is 0.573 e. The number of carboxylic acids is 1. The third-order valence-corrected chi connectivity index (χ3v) is 5.37. The van der Waals surface area contributed by atoms with E-state index in [9.17, 15) is 37.4 Å². The number of rotatable bonds is 7. The third-order valence-electron chi connectivity index (χ3n) is 5.37. The molecule has 0 aliphatic carbocycles. The lowest BCUT2D eigenvalue weighted by molar-refractivity contribution is -0.274. The van der Waals surface area contributed by atoms with Crippen molar-refractivity contribution in [2.75, 3.05) is 0 Å². The zero-order valence-corrected chi connectivity index (χ0v) is 17.7.